The average Bonchev–Trinajstić information content (AvgIpc) is 2.94. The van der Waals surface area contributed by atoms with E-state index in [0.717, 1.165) is 23.8 Å². The fourth-order valence-electron chi connectivity index (χ4n) is 3.73. The predicted molar refractivity (Wildman–Crippen MR) is 112 cm³/mol. The minimum atomic E-state index is -4.60. The molecule has 1 aliphatic heterocycles. The van der Waals surface area contributed by atoms with Crippen molar-refractivity contribution < 1.29 is 27.5 Å². The molecule has 4 nitrogen and oxygen atoms in total. The molecule has 0 unspecified atom stereocenters. The van der Waals surface area contributed by atoms with Crippen molar-refractivity contribution in [3.63, 3.8) is 0 Å². The third-order valence-corrected chi connectivity index (χ3v) is 5.54. The third kappa shape index (κ3) is 4.56. The maximum atomic E-state index is 13.2. The zero-order valence-corrected chi connectivity index (χ0v) is 18.2. The van der Waals surface area contributed by atoms with Crippen molar-refractivity contribution in [2.75, 3.05) is 6.61 Å². The quantitative estimate of drug-likeness (QED) is 0.373. The number of benzene rings is 2. The van der Waals surface area contributed by atoms with Gasteiger partial charge in [-0.2, -0.15) is 13.2 Å². The van der Waals surface area contributed by atoms with Crippen LogP contribution in [0.2, 0.25) is 5.02 Å². The van der Waals surface area contributed by atoms with Crippen LogP contribution >= 0.6 is 11.6 Å². The summed E-state index contributed by atoms with van der Waals surface area (Å²) in [4.78, 5) is 27.4. The molecule has 0 spiro atoms. The molecule has 0 N–H and O–H groups in total. The number of ether oxygens (including phenoxy) is 1. The number of carbonyl (C=O) groups excluding carboxylic acids is 2. The molecule has 0 aromatic heterocycles. The number of nitrogens with zero attached hydrogens (tertiary/aromatic N) is 1. The van der Waals surface area contributed by atoms with E-state index in [2.05, 4.69) is 0 Å². The lowest BCUT2D eigenvalue weighted by molar-refractivity contribution is -0.137. The molecule has 1 aliphatic rings. The zero-order chi connectivity index (χ0) is 23.0. The van der Waals surface area contributed by atoms with E-state index < -0.39 is 34.1 Å². The summed E-state index contributed by atoms with van der Waals surface area (Å²) in [5, 5.41) is -0.399. The van der Waals surface area contributed by atoms with Crippen LogP contribution in [0.3, 0.4) is 0 Å². The van der Waals surface area contributed by atoms with Crippen LogP contribution in [-0.2, 0) is 12.6 Å². The third-order valence-electron chi connectivity index (χ3n) is 5.21. The maximum absolute atomic E-state index is 13.2. The summed E-state index contributed by atoms with van der Waals surface area (Å²) in [5.74, 6) is -0.661. The highest BCUT2D eigenvalue weighted by Gasteiger charge is 2.46. The number of hydrogen-bond acceptors (Lipinski definition) is 3. The molecule has 2 aromatic rings. The predicted octanol–water partition coefficient (Wildman–Crippen LogP) is 6.16. The van der Waals surface area contributed by atoms with Gasteiger partial charge in [0.05, 0.1) is 28.3 Å². The van der Waals surface area contributed by atoms with Gasteiger partial charge in [-0.05, 0) is 56.5 Å². The van der Waals surface area contributed by atoms with E-state index in [9.17, 15) is 22.8 Å². The molecule has 8 heteroatoms. The van der Waals surface area contributed by atoms with Crippen LogP contribution in [0.1, 0.15) is 65.5 Å². The van der Waals surface area contributed by atoms with Crippen molar-refractivity contribution in [2.45, 2.75) is 51.7 Å². The van der Waals surface area contributed by atoms with Gasteiger partial charge >= 0.3 is 6.18 Å². The molecule has 2 amide bonds. The Morgan fingerprint density at radius 3 is 2.42 bits per heavy atom. The first-order valence-corrected chi connectivity index (χ1v) is 10.4. The van der Waals surface area contributed by atoms with Gasteiger partial charge in [-0.25, -0.2) is 0 Å². The summed E-state index contributed by atoms with van der Waals surface area (Å²) in [5.41, 5.74) is -1.28. The van der Waals surface area contributed by atoms with Gasteiger partial charge < -0.3 is 4.74 Å². The Morgan fingerprint density at radius 1 is 1.06 bits per heavy atom. The minimum Gasteiger partial charge on any atom is -0.493 e. The number of amides is 2. The normalized spacial score (nSPS) is 14.2. The molecule has 0 fully saturated rings. The van der Waals surface area contributed by atoms with Gasteiger partial charge in [-0.15, -0.1) is 0 Å². The van der Waals surface area contributed by atoms with Gasteiger partial charge in [-0.1, -0.05) is 37.1 Å². The van der Waals surface area contributed by atoms with Crippen molar-refractivity contribution in [1.29, 1.82) is 0 Å². The van der Waals surface area contributed by atoms with Gasteiger partial charge in [0.25, 0.3) is 11.8 Å². The lowest BCUT2D eigenvalue weighted by atomic mass is 9.92. The molecule has 0 radical (unpaired) electrons. The topological polar surface area (TPSA) is 46.6 Å². The van der Waals surface area contributed by atoms with Crippen LogP contribution in [0.25, 0.3) is 0 Å². The first kappa shape index (κ1) is 23.1. The highest BCUT2D eigenvalue weighted by atomic mass is 35.5. The standard InChI is InChI=1S/C23H23ClF3NO3/c1-4-5-11-31-18-8-6-7-15-19(18)21(30)28(20(15)29)22(2,3)13-14-9-10-17(24)16(12-14)23(25,26)27/h6-10,12H,4-5,11,13H2,1-3H3. The van der Waals surface area contributed by atoms with Crippen molar-refractivity contribution in [3.05, 3.63) is 63.7 Å². The first-order valence-electron chi connectivity index (χ1n) is 9.97. The summed E-state index contributed by atoms with van der Waals surface area (Å²) in [7, 11) is 0. The molecule has 0 saturated carbocycles. The number of rotatable bonds is 7. The molecule has 166 valence electrons. The number of fused-ring (bicyclic) bond motifs is 1. The number of carbonyl (C=O) groups is 2. The summed E-state index contributed by atoms with van der Waals surface area (Å²) in [6.45, 7) is 5.73. The van der Waals surface area contributed by atoms with Crippen molar-refractivity contribution in [1.82, 2.24) is 4.90 Å². The molecule has 31 heavy (non-hydrogen) atoms. The van der Waals surface area contributed by atoms with E-state index >= 15 is 0 Å². The van der Waals surface area contributed by atoms with Crippen LogP contribution in [0, 0.1) is 0 Å². The largest absolute Gasteiger partial charge is 0.493 e. The SMILES string of the molecule is CCCCOc1cccc2c1C(=O)N(C(C)(C)Cc1ccc(Cl)c(C(F)(F)F)c1)C2=O. The Labute approximate surface area is 183 Å². The molecule has 1 heterocycles. The molecule has 0 atom stereocenters. The second-order valence-electron chi connectivity index (χ2n) is 8.13. The lowest BCUT2D eigenvalue weighted by Crippen LogP contribution is -2.49. The van der Waals surface area contributed by atoms with E-state index in [0.29, 0.717) is 17.9 Å². The monoisotopic (exact) mass is 453 g/mol. The van der Waals surface area contributed by atoms with Crippen LogP contribution in [0.4, 0.5) is 13.2 Å². The van der Waals surface area contributed by atoms with Gasteiger partial charge in [0, 0.05) is 5.54 Å². The van der Waals surface area contributed by atoms with Crippen LogP contribution < -0.4 is 4.74 Å². The maximum Gasteiger partial charge on any atom is 0.417 e. The Hall–Kier alpha value is -2.54. The number of imide groups is 1. The summed E-state index contributed by atoms with van der Waals surface area (Å²) in [6, 6.07) is 8.46. The van der Waals surface area contributed by atoms with E-state index in [4.69, 9.17) is 16.3 Å². The van der Waals surface area contributed by atoms with Crippen molar-refractivity contribution in [3.8, 4) is 5.75 Å². The Balaban J connectivity index is 1.91. The average molecular weight is 454 g/mol. The Bertz CT molecular complexity index is 1020. The van der Waals surface area contributed by atoms with E-state index in [1.807, 2.05) is 6.92 Å². The van der Waals surface area contributed by atoms with Gasteiger partial charge in [-0.3, -0.25) is 14.5 Å². The highest BCUT2D eigenvalue weighted by molar-refractivity contribution is 6.31. The van der Waals surface area contributed by atoms with Crippen molar-refractivity contribution in [2.24, 2.45) is 0 Å². The first-order chi connectivity index (χ1) is 14.5. The zero-order valence-electron chi connectivity index (χ0n) is 17.5. The number of hydrogen-bond donors (Lipinski definition) is 0. The minimum absolute atomic E-state index is 0.0325. The molecule has 0 aliphatic carbocycles. The second kappa shape index (κ2) is 8.54. The number of alkyl halides is 3. The Morgan fingerprint density at radius 2 is 1.77 bits per heavy atom. The fraction of sp³-hybridized carbons (Fsp3) is 0.391. The van der Waals surface area contributed by atoms with Crippen LogP contribution in [0.15, 0.2) is 36.4 Å². The number of halogens is 4. The Kier molecular flexibility index (Phi) is 6.37. The van der Waals surface area contributed by atoms with Crippen LogP contribution in [0.5, 0.6) is 5.75 Å². The van der Waals surface area contributed by atoms with Gasteiger partial charge in [0.1, 0.15) is 5.75 Å². The highest BCUT2D eigenvalue weighted by Crippen LogP contribution is 2.38. The molecule has 0 saturated heterocycles. The number of unbranched alkanes of at least 4 members (excludes halogenated alkanes) is 1. The van der Waals surface area contributed by atoms with Gasteiger partial charge in [0.2, 0.25) is 0 Å². The second-order valence-corrected chi connectivity index (χ2v) is 8.53. The van der Waals surface area contributed by atoms with E-state index in [1.54, 1.807) is 32.0 Å². The summed E-state index contributed by atoms with van der Waals surface area (Å²) in [6.07, 6.45) is -2.84. The van der Waals surface area contributed by atoms with E-state index in [1.165, 1.54) is 12.1 Å². The molecule has 2 aromatic carbocycles. The van der Waals surface area contributed by atoms with Crippen LogP contribution in [-0.4, -0.2) is 28.9 Å². The molecular formula is C23H23ClF3NO3. The molecule has 3 rings (SSSR count). The van der Waals surface area contributed by atoms with Gasteiger partial charge in [0.15, 0.2) is 0 Å². The summed E-state index contributed by atoms with van der Waals surface area (Å²) >= 11 is 5.70. The smallest absolute Gasteiger partial charge is 0.417 e. The lowest BCUT2D eigenvalue weighted by Gasteiger charge is -2.34. The summed E-state index contributed by atoms with van der Waals surface area (Å²) < 4.78 is 45.4. The van der Waals surface area contributed by atoms with E-state index in [-0.39, 0.29) is 17.5 Å². The molecule has 0 bridgehead atoms. The molecular weight excluding hydrogens is 431 g/mol. The fourth-order valence-corrected chi connectivity index (χ4v) is 3.95. The van der Waals surface area contributed by atoms with Crippen molar-refractivity contribution >= 4 is 23.4 Å².